The summed E-state index contributed by atoms with van der Waals surface area (Å²) in [6, 6.07) is 13.0. The first kappa shape index (κ1) is 18.0. The predicted molar refractivity (Wildman–Crippen MR) is 111 cm³/mol. The minimum absolute atomic E-state index is 0.0109. The van der Waals surface area contributed by atoms with E-state index in [-0.39, 0.29) is 5.91 Å². The summed E-state index contributed by atoms with van der Waals surface area (Å²) in [5.41, 5.74) is 5.09. The maximum absolute atomic E-state index is 13.1. The molecular weight excluding hydrogens is 334 g/mol. The number of piperidine rings is 1. The molecular formula is C23H29N3O. The van der Waals surface area contributed by atoms with Crippen LogP contribution in [-0.4, -0.2) is 30.0 Å². The summed E-state index contributed by atoms with van der Waals surface area (Å²) in [6.45, 7) is 6.13. The fourth-order valence-electron chi connectivity index (χ4n) is 4.54. The highest BCUT2D eigenvalue weighted by Gasteiger charge is 2.27. The maximum atomic E-state index is 13.1. The second kappa shape index (κ2) is 7.71. The molecule has 1 fully saturated rings. The van der Waals surface area contributed by atoms with Crippen molar-refractivity contribution < 1.29 is 4.79 Å². The lowest BCUT2D eigenvalue weighted by atomic mass is 9.96. The number of hydrogen-bond acceptors (Lipinski definition) is 3. The zero-order valence-electron chi connectivity index (χ0n) is 16.4. The van der Waals surface area contributed by atoms with Crippen molar-refractivity contribution in [2.45, 2.75) is 58.4 Å². The Bertz CT molecular complexity index is 832. The second-order valence-electron chi connectivity index (χ2n) is 7.79. The van der Waals surface area contributed by atoms with Crippen LogP contribution < -0.4 is 9.80 Å². The van der Waals surface area contributed by atoms with Gasteiger partial charge in [0.05, 0.1) is 0 Å². The zero-order valence-corrected chi connectivity index (χ0v) is 16.4. The van der Waals surface area contributed by atoms with Crippen LogP contribution in [0.15, 0.2) is 36.4 Å². The Kier molecular flexibility index (Phi) is 5.15. The maximum Gasteiger partial charge on any atom is 0.276 e. The van der Waals surface area contributed by atoms with Gasteiger partial charge in [-0.05, 0) is 81.3 Å². The number of amides is 1. The van der Waals surface area contributed by atoms with Gasteiger partial charge in [-0.15, -0.1) is 0 Å². The van der Waals surface area contributed by atoms with Crippen LogP contribution in [0.1, 0.15) is 60.8 Å². The smallest absolute Gasteiger partial charge is 0.276 e. The molecule has 1 saturated heterocycles. The first-order valence-corrected chi connectivity index (χ1v) is 10.3. The third-order valence-corrected chi connectivity index (χ3v) is 5.96. The molecule has 4 nitrogen and oxygen atoms in total. The molecule has 3 heterocycles. The molecule has 1 aromatic carbocycles. The Hall–Kier alpha value is -2.36. The van der Waals surface area contributed by atoms with Crippen LogP contribution in [0.5, 0.6) is 0 Å². The summed E-state index contributed by atoms with van der Waals surface area (Å²) < 4.78 is 0. The van der Waals surface area contributed by atoms with E-state index in [0.717, 1.165) is 37.3 Å². The van der Waals surface area contributed by atoms with Crippen molar-refractivity contribution >= 4 is 17.3 Å². The summed E-state index contributed by atoms with van der Waals surface area (Å²) >= 11 is 0. The summed E-state index contributed by atoms with van der Waals surface area (Å²) in [7, 11) is 0. The van der Waals surface area contributed by atoms with Crippen LogP contribution in [0.25, 0.3) is 0 Å². The van der Waals surface area contributed by atoms with E-state index in [9.17, 15) is 4.79 Å². The molecule has 0 aliphatic carbocycles. The average Bonchev–Trinajstić information content (AvgIpc) is 2.72. The molecule has 4 heteroatoms. The van der Waals surface area contributed by atoms with Gasteiger partial charge in [-0.2, -0.15) is 0 Å². The van der Waals surface area contributed by atoms with Gasteiger partial charge in [-0.3, -0.25) is 4.79 Å². The number of fused-ring (bicyclic) bond motifs is 1. The van der Waals surface area contributed by atoms with E-state index in [1.807, 2.05) is 30.0 Å². The van der Waals surface area contributed by atoms with Crippen molar-refractivity contribution in [3.63, 3.8) is 0 Å². The summed E-state index contributed by atoms with van der Waals surface area (Å²) in [4.78, 5) is 22.0. The van der Waals surface area contributed by atoms with Crippen molar-refractivity contribution in [1.82, 2.24) is 4.98 Å². The molecule has 2 aliphatic heterocycles. The first-order chi connectivity index (χ1) is 13.2. The number of carbonyl (C=O) groups excluding carboxylic acids is 1. The highest BCUT2D eigenvalue weighted by Crippen LogP contribution is 2.34. The summed E-state index contributed by atoms with van der Waals surface area (Å²) in [5.74, 6) is 0.0109. The minimum Gasteiger partial charge on any atom is -0.369 e. The minimum atomic E-state index is 0.0109. The van der Waals surface area contributed by atoms with Crippen LogP contribution in [0.2, 0.25) is 0 Å². The Morgan fingerprint density at radius 1 is 1.15 bits per heavy atom. The van der Waals surface area contributed by atoms with E-state index < -0.39 is 0 Å². The Morgan fingerprint density at radius 2 is 2.04 bits per heavy atom. The molecule has 0 saturated carbocycles. The van der Waals surface area contributed by atoms with Crippen LogP contribution in [0, 0.1) is 6.92 Å². The lowest BCUT2D eigenvalue weighted by Gasteiger charge is -2.38. The van der Waals surface area contributed by atoms with Crippen molar-refractivity contribution in [3.8, 4) is 0 Å². The molecule has 1 amide bonds. The number of aromatic nitrogens is 1. The van der Waals surface area contributed by atoms with Gasteiger partial charge in [0.1, 0.15) is 5.69 Å². The van der Waals surface area contributed by atoms with Gasteiger partial charge in [0.2, 0.25) is 0 Å². The number of pyridine rings is 1. The van der Waals surface area contributed by atoms with Crippen molar-refractivity contribution in [3.05, 3.63) is 53.3 Å². The van der Waals surface area contributed by atoms with E-state index in [1.54, 1.807) is 0 Å². The summed E-state index contributed by atoms with van der Waals surface area (Å²) in [6.07, 6.45) is 7.14. The van der Waals surface area contributed by atoms with Gasteiger partial charge < -0.3 is 9.80 Å². The van der Waals surface area contributed by atoms with Gasteiger partial charge in [0.15, 0.2) is 0 Å². The first-order valence-electron chi connectivity index (χ1n) is 10.3. The van der Waals surface area contributed by atoms with Crippen LogP contribution in [0.4, 0.5) is 11.4 Å². The topological polar surface area (TPSA) is 36.4 Å². The molecule has 1 atom stereocenters. The number of rotatable bonds is 3. The molecule has 27 heavy (non-hydrogen) atoms. The number of anilines is 2. The molecule has 4 rings (SSSR count). The molecule has 2 aliphatic rings. The highest BCUT2D eigenvalue weighted by atomic mass is 16.2. The third kappa shape index (κ3) is 3.58. The lowest BCUT2D eigenvalue weighted by Crippen LogP contribution is -2.39. The van der Waals surface area contributed by atoms with Crippen LogP contribution >= 0.6 is 0 Å². The van der Waals surface area contributed by atoms with Gasteiger partial charge in [-0.1, -0.05) is 13.0 Å². The average molecular weight is 364 g/mol. The van der Waals surface area contributed by atoms with Crippen molar-refractivity contribution in [2.24, 2.45) is 0 Å². The van der Waals surface area contributed by atoms with Crippen molar-refractivity contribution in [2.75, 3.05) is 22.9 Å². The third-order valence-electron chi connectivity index (χ3n) is 5.96. The Balaban J connectivity index is 1.63. The zero-order chi connectivity index (χ0) is 18.8. The number of nitrogens with zero attached hydrogens (tertiary/aromatic N) is 3. The van der Waals surface area contributed by atoms with Crippen molar-refractivity contribution in [1.29, 1.82) is 0 Å². The van der Waals surface area contributed by atoms with E-state index in [2.05, 4.69) is 35.0 Å². The quantitative estimate of drug-likeness (QED) is 0.789. The number of aryl methyl sites for hydroxylation is 2. The van der Waals surface area contributed by atoms with Gasteiger partial charge in [0.25, 0.3) is 5.91 Å². The fraction of sp³-hybridized carbons (Fsp3) is 0.478. The monoisotopic (exact) mass is 363 g/mol. The molecule has 1 aromatic heterocycles. The van der Waals surface area contributed by atoms with E-state index in [0.29, 0.717) is 11.7 Å². The number of hydrogen-bond donors (Lipinski definition) is 0. The van der Waals surface area contributed by atoms with Crippen LogP contribution in [0.3, 0.4) is 0 Å². The molecule has 142 valence electrons. The van der Waals surface area contributed by atoms with Gasteiger partial charge in [0, 0.05) is 36.2 Å². The SMILES string of the molecule is CCC1CCCCN1c1ccc2c(c1)CCCN2C(=O)c1cccc(C)n1. The van der Waals surface area contributed by atoms with Gasteiger partial charge in [-0.25, -0.2) is 4.98 Å². The van der Waals surface area contributed by atoms with E-state index in [1.165, 1.54) is 36.9 Å². The standard InChI is InChI=1S/C23H29N3O/c1-3-19-10-4-5-14-25(19)20-12-13-22-18(16-20)9-7-15-26(22)23(27)21-11-6-8-17(2)24-21/h6,8,11-13,16,19H,3-5,7,9-10,14-15H2,1-2H3. The number of benzene rings is 1. The molecule has 0 radical (unpaired) electrons. The highest BCUT2D eigenvalue weighted by molar-refractivity contribution is 6.05. The number of carbonyl (C=O) groups is 1. The van der Waals surface area contributed by atoms with E-state index >= 15 is 0 Å². The molecule has 0 spiro atoms. The largest absolute Gasteiger partial charge is 0.369 e. The summed E-state index contributed by atoms with van der Waals surface area (Å²) in [5, 5.41) is 0. The fourth-order valence-corrected chi connectivity index (χ4v) is 4.54. The predicted octanol–water partition coefficient (Wildman–Crippen LogP) is 4.75. The normalized spacial score (nSPS) is 19.7. The molecule has 0 N–H and O–H groups in total. The Labute approximate surface area is 162 Å². The van der Waals surface area contributed by atoms with Crippen LogP contribution in [-0.2, 0) is 6.42 Å². The lowest BCUT2D eigenvalue weighted by molar-refractivity contribution is 0.0980. The molecule has 2 aromatic rings. The molecule has 1 unspecified atom stereocenters. The Morgan fingerprint density at radius 3 is 2.85 bits per heavy atom. The molecule has 0 bridgehead atoms. The van der Waals surface area contributed by atoms with E-state index in [4.69, 9.17) is 0 Å². The second-order valence-corrected chi connectivity index (χ2v) is 7.79. The van der Waals surface area contributed by atoms with Gasteiger partial charge >= 0.3 is 0 Å².